The Kier molecular flexibility index (Phi) is 3.33. The van der Waals surface area contributed by atoms with Gasteiger partial charge >= 0.3 is 5.97 Å². The number of cyclic esters (lactones) is 1. The van der Waals surface area contributed by atoms with Crippen LogP contribution in [0.3, 0.4) is 0 Å². The lowest BCUT2D eigenvalue weighted by Crippen LogP contribution is -2.24. The Balaban J connectivity index is 2.02. The van der Waals surface area contributed by atoms with Crippen molar-refractivity contribution in [2.75, 3.05) is 7.05 Å². The molecule has 102 valence electrons. The predicted octanol–water partition coefficient (Wildman–Crippen LogP) is 1.43. The highest BCUT2D eigenvalue weighted by Gasteiger charge is 2.37. The van der Waals surface area contributed by atoms with Gasteiger partial charge in [0.15, 0.2) is 0 Å². The van der Waals surface area contributed by atoms with Crippen molar-refractivity contribution in [3.8, 4) is 0 Å². The minimum absolute atomic E-state index is 0.0821. The zero-order valence-corrected chi connectivity index (χ0v) is 11.0. The van der Waals surface area contributed by atoms with Crippen LogP contribution in [0.15, 0.2) is 34.6 Å². The normalized spacial score (nSPS) is 19.1. The number of nitrogens with zero attached hydrogens (tertiary/aromatic N) is 1. The second-order valence-electron chi connectivity index (χ2n) is 4.67. The molecule has 0 radical (unpaired) electrons. The number of likely N-dealkylation sites (N-methyl/N-ethyl adjacent to an activating group) is 1. The molecule has 1 aliphatic rings. The first kappa shape index (κ1) is 13.2. The zero-order valence-electron chi connectivity index (χ0n) is 11.0. The predicted molar refractivity (Wildman–Crippen MR) is 64.5 cm³/mol. The SMILES string of the molecule is CN(Cc1ccco1)C(=O)C=C1OC(C)(C)OC1=O. The summed E-state index contributed by atoms with van der Waals surface area (Å²) >= 11 is 0. The first-order valence-electron chi connectivity index (χ1n) is 5.79. The van der Waals surface area contributed by atoms with E-state index in [-0.39, 0.29) is 11.7 Å². The van der Waals surface area contributed by atoms with Crippen LogP contribution in [0.2, 0.25) is 0 Å². The molecule has 0 spiro atoms. The number of amides is 1. The standard InChI is InChI=1S/C13H15NO5/c1-13(2)18-10(12(16)19-13)7-11(15)14(3)8-9-5-4-6-17-9/h4-7H,8H2,1-3H3. The van der Waals surface area contributed by atoms with Crippen LogP contribution in [0.4, 0.5) is 0 Å². The minimum atomic E-state index is -1.03. The summed E-state index contributed by atoms with van der Waals surface area (Å²) in [7, 11) is 1.60. The summed E-state index contributed by atoms with van der Waals surface area (Å²) in [4.78, 5) is 24.8. The maximum Gasteiger partial charge on any atom is 0.377 e. The van der Waals surface area contributed by atoms with Crippen molar-refractivity contribution >= 4 is 11.9 Å². The molecule has 1 aliphatic heterocycles. The molecule has 19 heavy (non-hydrogen) atoms. The lowest BCUT2D eigenvalue weighted by molar-refractivity contribution is -0.159. The van der Waals surface area contributed by atoms with Gasteiger partial charge in [-0.1, -0.05) is 0 Å². The number of esters is 1. The van der Waals surface area contributed by atoms with Crippen LogP contribution in [0.25, 0.3) is 0 Å². The lowest BCUT2D eigenvalue weighted by Gasteiger charge is -2.15. The number of rotatable bonds is 3. The molecule has 1 aromatic rings. The molecule has 0 unspecified atom stereocenters. The summed E-state index contributed by atoms with van der Waals surface area (Å²) < 4.78 is 15.3. The van der Waals surface area contributed by atoms with Crippen LogP contribution >= 0.6 is 0 Å². The molecule has 1 fully saturated rings. The molecule has 6 heteroatoms. The number of ether oxygens (including phenoxy) is 2. The van der Waals surface area contributed by atoms with Crippen LogP contribution in [-0.4, -0.2) is 29.6 Å². The van der Waals surface area contributed by atoms with Crippen molar-refractivity contribution in [2.24, 2.45) is 0 Å². The summed E-state index contributed by atoms with van der Waals surface area (Å²) in [6.45, 7) is 3.51. The maximum atomic E-state index is 11.9. The molecular formula is C13H15NO5. The van der Waals surface area contributed by atoms with Crippen molar-refractivity contribution in [1.29, 1.82) is 0 Å². The van der Waals surface area contributed by atoms with Gasteiger partial charge in [0, 0.05) is 20.9 Å². The van der Waals surface area contributed by atoms with E-state index in [1.165, 1.54) is 11.2 Å². The van der Waals surface area contributed by atoms with Crippen molar-refractivity contribution in [1.82, 2.24) is 4.90 Å². The van der Waals surface area contributed by atoms with Crippen LogP contribution in [0.1, 0.15) is 19.6 Å². The topological polar surface area (TPSA) is 69.0 Å². The Labute approximate surface area is 110 Å². The van der Waals surface area contributed by atoms with Crippen molar-refractivity contribution in [3.63, 3.8) is 0 Å². The fraction of sp³-hybridized carbons (Fsp3) is 0.385. The van der Waals surface area contributed by atoms with Gasteiger partial charge in [-0.2, -0.15) is 0 Å². The van der Waals surface area contributed by atoms with Crippen molar-refractivity contribution < 1.29 is 23.5 Å². The van der Waals surface area contributed by atoms with E-state index in [4.69, 9.17) is 13.9 Å². The van der Waals surface area contributed by atoms with Gasteiger partial charge in [-0.25, -0.2) is 4.79 Å². The van der Waals surface area contributed by atoms with E-state index >= 15 is 0 Å². The Hall–Kier alpha value is -2.24. The van der Waals surface area contributed by atoms with Crippen LogP contribution in [0.5, 0.6) is 0 Å². The third kappa shape index (κ3) is 3.15. The van der Waals surface area contributed by atoms with Gasteiger partial charge in [0.25, 0.3) is 5.91 Å². The first-order valence-corrected chi connectivity index (χ1v) is 5.79. The van der Waals surface area contributed by atoms with E-state index in [0.717, 1.165) is 6.08 Å². The molecule has 1 saturated heterocycles. The molecule has 1 amide bonds. The van der Waals surface area contributed by atoms with E-state index in [9.17, 15) is 9.59 Å². The molecule has 0 aromatic carbocycles. The van der Waals surface area contributed by atoms with Gasteiger partial charge in [0.2, 0.25) is 11.5 Å². The van der Waals surface area contributed by atoms with Crippen molar-refractivity contribution in [2.45, 2.75) is 26.2 Å². The molecule has 1 aromatic heterocycles. The van der Waals surface area contributed by atoms with E-state index in [1.54, 1.807) is 33.0 Å². The molecule has 0 bridgehead atoms. The average molecular weight is 265 g/mol. The number of carbonyl (C=O) groups is 2. The monoisotopic (exact) mass is 265 g/mol. The zero-order chi connectivity index (χ0) is 14.0. The highest BCUT2D eigenvalue weighted by atomic mass is 16.8. The average Bonchev–Trinajstić information content (AvgIpc) is 2.87. The number of furan rings is 1. The van der Waals surface area contributed by atoms with Crippen molar-refractivity contribution in [3.05, 3.63) is 36.0 Å². The molecule has 2 heterocycles. The molecule has 0 atom stereocenters. The highest BCUT2D eigenvalue weighted by molar-refractivity contribution is 5.97. The third-order valence-electron chi connectivity index (χ3n) is 2.50. The maximum absolute atomic E-state index is 11.9. The minimum Gasteiger partial charge on any atom is -0.467 e. The van der Waals surface area contributed by atoms with Gasteiger partial charge in [0.1, 0.15) is 5.76 Å². The molecule has 0 aliphatic carbocycles. The Morgan fingerprint density at radius 2 is 2.16 bits per heavy atom. The largest absolute Gasteiger partial charge is 0.467 e. The van der Waals surface area contributed by atoms with Crippen LogP contribution < -0.4 is 0 Å². The summed E-state index contributed by atoms with van der Waals surface area (Å²) in [6.07, 6.45) is 2.66. The third-order valence-corrected chi connectivity index (χ3v) is 2.50. The van der Waals surface area contributed by atoms with E-state index < -0.39 is 11.8 Å². The Bertz CT molecular complexity index is 515. The number of hydrogen-bond acceptors (Lipinski definition) is 5. The molecule has 6 nitrogen and oxygen atoms in total. The Morgan fingerprint density at radius 3 is 2.68 bits per heavy atom. The van der Waals surface area contributed by atoms with Gasteiger partial charge in [-0.05, 0) is 12.1 Å². The fourth-order valence-corrected chi connectivity index (χ4v) is 1.63. The van der Waals surface area contributed by atoms with Gasteiger partial charge in [0.05, 0.1) is 18.9 Å². The summed E-state index contributed by atoms with van der Waals surface area (Å²) in [5, 5.41) is 0. The summed E-state index contributed by atoms with van der Waals surface area (Å²) in [5.74, 6) is -1.44. The highest BCUT2D eigenvalue weighted by Crippen LogP contribution is 2.26. The quantitative estimate of drug-likeness (QED) is 0.611. The Morgan fingerprint density at radius 1 is 1.42 bits per heavy atom. The van der Waals surface area contributed by atoms with Gasteiger partial charge in [-0.15, -0.1) is 0 Å². The van der Waals surface area contributed by atoms with Crippen LogP contribution in [-0.2, 0) is 25.6 Å². The molecular weight excluding hydrogens is 250 g/mol. The fourth-order valence-electron chi connectivity index (χ4n) is 1.63. The molecule has 2 rings (SSSR count). The van der Waals surface area contributed by atoms with E-state index in [2.05, 4.69) is 0 Å². The lowest BCUT2D eigenvalue weighted by atomic mass is 10.3. The number of carbonyl (C=O) groups excluding carboxylic acids is 2. The second kappa shape index (κ2) is 4.79. The van der Waals surface area contributed by atoms with Crippen LogP contribution in [0, 0.1) is 0 Å². The molecule has 0 N–H and O–H groups in total. The van der Waals surface area contributed by atoms with E-state index in [0.29, 0.717) is 12.3 Å². The van der Waals surface area contributed by atoms with E-state index in [1.807, 2.05) is 0 Å². The second-order valence-corrected chi connectivity index (χ2v) is 4.67. The van der Waals surface area contributed by atoms with Gasteiger partial charge in [-0.3, -0.25) is 4.79 Å². The van der Waals surface area contributed by atoms with Gasteiger partial charge < -0.3 is 18.8 Å². The summed E-state index contributed by atoms with van der Waals surface area (Å²) in [5.41, 5.74) is 0. The smallest absolute Gasteiger partial charge is 0.377 e. The summed E-state index contributed by atoms with van der Waals surface area (Å²) in [6, 6.07) is 3.51. The number of hydrogen-bond donors (Lipinski definition) is 0. The first-order chi connectivity index (χ1) is 8.87. The molecule has 0 saturated carbocycles.